The summed E-state index contributed by atoms with van der Waals surface area (Å²) in [6, 6.07) is -0.625. The van der Waals surface area contributed by atoms with Crippen LogP contribution in [-0.2, 0) is 14.3 Å². The van der Waals surface area contributed by atoms with E-state index in [-0.39, 0.29) is 18.5 Å². The van der Waals surface area contributed by atoms with Gasteiger partial charge in [-0.15, -0.1) is 0 Å². The molecular weight excluding hydrogens is 899 g/mol. The molecule has 2 unspecified atom stereocenters. The summed E-state index contributed by atoms with van der Waals surface area (Å²) in [5.41, 5.74) is 0. The Morgan fingerprint density at radius 2 is 0.630 bits per heavy atom. The molecule has 1 amide bonds. The lowest BCUT2D eigenvalue weighted by Crippen LogP contribution is -2.45. The second-order valence-corrected chi connectivity index (χ2v) is 23.2. The highest BCUT2D eigenvalue weighted by atomic mass is 16.5. The average Bonchev–Trinajstić information content (AvgIpc) is 3.39. The van der Waals surface area contributed by atoms with Crippen LogP contribution < -0.4 is 5.32 Å². The molecule has 3 N–H and O–H groups in total. The predicted molar refractivity (Wildman–Crippen MR) is 320 cm³/mol. The summed E-state index contributed by atoms with van der Waals surface area (Å²) in [7, 11) is 0. The summed E-state index contributed by atoms with van der Waals surface area (Å²) in [4.78, 5) is 24.5. The summed E-state index contributed by atoms with van der Waals surface area (Å²) >= 11 is 0. The van der Waals surface area contributed by atoms with Crippen molar-refractivity contribution in [1.82, 2.24) is 5.32 Å². The molecule has 73 heavy (non-hydrogen) atoms. The molecule has 0 aromatic rings. The lowest BCUT2D eigenvalue weighted by Gasteiger charge is -2.20. The normalized spacial score (nSPS) is 12.5. The van der Waals surface area contributed by atoms with Crippen LogP contribution in [0.25, 0.3) is 0 Å². The highest BCUT2D eigenvalue weighted by Crippen LogP contribution is 2.19. The summed E-state index contributed by atoms with van der Waals surface area (Å²) in [5.74, 6) is -0.0435. The van der Waals surface area contributed by atoms with Gasteiger partial charge in [-0.25, -0.2) is 0 Å². The van der Waals surface area contributed by atoms with Crippen LogP contribution in [-0.4, -0.2) is 47.4 Å². The Bertz CT molecular complexity index is 1100. The third-order valence-corrected chi connectivity index (χ3v) is 15.8. The van der Waals surface area contributed by atoms with Crippen molar-refractivity contribution in [2.75, 3.05) is 13.2 Å². The molecule has 0 spiro atoms. The van der Waals surface area contributed by atoms with Crippen molar-refractivity contribution in [2.24, 2.45) is 0 Å². The van der Waals surface area contributed by atoms with Gasteiger partial charge in [-0.05, 0) is 32.1 Å². The molecule has 0 radical (unpaired) electrons. The SMILES string of the molecule is CCCCCCCCCCCCCCCCCC/C=C/C(O)C(CO)NC(=O)CCCCCCCCCCCCCCCCCCCCCCCCCCCCCOC(=O)CCCCCCCCCCCCC. The predicted octanol–water partition coefficient (Wildman–Crippen LogP) is 21.2. The van der Waals surface area contributed by atoms with Gasteiger partial charge in [0.1, 0.15) is 0 Å². The van der Waals surface area contributed by atoms with E-state index in [1.165, 1.54) is 315 Å². The van der Waals surface area contributed by atoms with Crippen LogP contribution >= 0.6 is 0 Å². The Labute approximate surface area is 457 Å². The Morgan fingerprint density at radius 3 is 0.932 bits per heavy atom. The molecule has 0 aromatic heterocycles. The van der Waals surface area contributed by atoms with Gasteiger partial charge in [-0.1, -0.05) is 347 Å². The molecule has 6 nitrogen and oxygen atoms in total. The first kappa shape index (κ1) is 71.6. The molecule has 6 heteroatoms. The second-order valence-electron chi connectivity index (χ2n) is 23.2. The van der Waals surface area contributed by atoms with Gasteiger partial charge in [-0.2, -0.15) is 0 Å². The van der Waals surface area contributed by atoms with E-state index in [1.807, 2.05) is 6.08 Å². The van der Waals surface area contributed by atoms with Crippen molar-refractivity contribution in [3.05, 3.63) is 12.2 Å². The van der Waals surface area contributed by atoms with E-state index in [1.54, 1.807) is 6.08 Å². The van der Waals surface area contributed by atoms with E-state index in [4.69, 9.17) is 4.74 Å². The number of hydrogen-bond donors (Lipinski definition) is 3. The van der Waals surface area contributed by atoms with Gasteiger partial charge in [-0.3, -0.25) is 9.59 Å². The standard InChI is InChI=1S/C67H131NO5/c1-3-5-7-9-11-13-15-16-17-18-30-33-36-40-43-47-51-55-59-65(70)64(63-69)68-66(71)60-56-52-48-44-41-37-34-31-28-26-24-22-20-19-21-23-25-27-29-32-35-38-42-46-50-54-58-62-73-67(72)61-57-53-49-45-39-14-12-10-8-6-4-2/h55,59,64-65,69-70H,3-54,56-58,60-63H2,1-2H3,(H,68,71)/b59-55+. The number of aliphatic hydroxyl groups is 2. The van der Waals surface area contributed by atoms with Gasteiger partial charge in [0, 0.05) is 12.8 Å². The fourth-order valence-electron chi connectivity index (χ4n) is 10.7. The van der Waals surface area contributed by atoms with Crippen LogP contribution in [0.3, 0.4) is 0 Å². The number of carbonyl (C=O) groups excluding carboxylic acids is 2. The van der Waals surface area contributed by atoms with Crippen LogP contribution in [0.1, 0.15) is 380 Å². The van der Waals surface area contributed by atoms with Crippen LogP contribution in [0, 0.1) is 0 Å². The third kappa shape index (κ3) is 59.7. The Balaban J connectivity index is 3.37. The molecular formula is C67H131NO5. The van der Waals surface area contributed by atoms with Crippen LogP contribution in [0.15, 0.2) is 12.2 Å². The fraction of sp³-hybridized carbons (Fsp3) is 0.940. The molecule has 0 saturated carbocycles. The Hall–Kier alpha value is -1.40. The lowest BCUT2D eigenvalue weighted by molar-refractivity contribution is -0.143. The number of amides is 1. The lowest BCUT2D eigenvalue weighted by atomic mass is 10.0. The van der Waals surface area contributed by atoms with Crippen molar-refractivity contribution in [3.8, 4) is 0 Å². The molecule has 0 aliphatic carbocycles. The molecule has 0 aliphatic rings. The van der Waals surface area contributed by atoms with Gasteiger partial charge in [0.15, 0.2) is 0 Å². The van der Waals surface area contributed by atoms with E-state index in [0.717, 1.165) is 38.5 Å². The molecule has 0 fully saturated rings. The van der Waals surface area contributed by atoms with Gasteiger partial charge in [0.2, 0.25) is 5.91 Å². The summed E-state index contributed by atoms with van der Waals surface area (Å²) in [6.07, 6.45) is 77.1. The average molecular weight is 1030 g/mol. The first-order valence-corrected chi connectivity index (χ1v) is 33.5. The number of hydrogen-bond acceptors (Lipinski definition) is 5. The van der Waals surface area contributed by atoms with Crippen LogP contribution in [0.5, 0.6) is 0 Å². The smallest absolute Gasteiger partial charge is 0.305 e. The maximum absolute atomic E-state index is 12.5. The van der Waals surface area contributed by atoms with Crippen LogP contribution in [0.4, 0.5) is 0 Å². The third-order valence-electron chi connectivity index (χ3n) is 15.8. The summed E-state index contributed by atoms with van der Waals surface area (Å²) in [6.45, 7) is 4.94. The molecule has 0 aliphatic heterocycles. The maximum Gasteiger partial charge on any atom is 0.305 e. The quantitative estimate of drug-likeness (QED) is 0.0320. The van der Waals surface area contributed by atoms with Crippen molar-refractivity contribution >= 4 is 11.9 Å². The molecule has 0 rings (SSSR count). The molecule has 434 valence electrons. The van der Waals surface area contributed by atoms with E-state index >= 15 is 0 Å². The van der Waals surface area contributed by atoms with E-state index in [9.17, 15) is 19.8 Å². The van der Waals surface area contributed by atoms with Gasteiger partial charge in [0.05, 0.1) is 25.4 Å². The van der Waals surface area contributed by atoms with Gasteiger partial charge >= 0.3 is 5.97 Å². The summed E-state index contributed by atoms with van der Waals surface area (Å²) < 4.78 is 5.47. The first-order valence-electron chi connectivity index (χ1n) is 33.5. The summed E-state index contributed by atoms with van der Waals surface area (Å²) in [5, 5.41) is 23.2. The van der Waals surface area contributed by atoms with Gasteiger partial charge in [0.25, 0.3) is 0 Å². The number of unbranched alkanes of at least 4 members (excludes halogenated alkanes) is 52. The van der Waals surface area contributed by atoms with Crippen molar-refractivity contribution in [3.63, 3.8) is 0 Å². The first-order chi connectivity index (χ1) is 36.0. The van der Waals surface area contributed by atoms with Crippen molar-refractivity contribution in [2.45, 2.75) is 392 Å². The minimum Gasteiger partial charge on any atom is -0.466 e. The monoisotopic (exact) mass is 1030 g/mol. The van der Waals surface area contributed by atoms with Gasteiger partial charge < -0.3 is 20.3 Å². The van der Waals surface area contributed by atoms with Crippen molar-refractivity contribution < 1.29 is 24.5 Å². The number of rotatable bonds is 63. The number of ether oxygens (including phenoxy) is 1. The Morgan fingerprint density at radius 1 is 0.370 bits per heavy atom. The zero-order chi connectivity index (χ0) is 52.9. The molecule has 0 saturated heterocycles. The molecule has 2 atom stereocenters. The molecule has 0 bridgehead atoms. The van der Waals surface area contributed by atoms with Crippen molar-refractivity contribution in [1.29, 1.82) is 0 Å². The number of esters is 1. The zero-order valence-corrected chi connectivity index (χ0v) is 49.6. The minimum absolute atomic E-state index is 0.0181. The number of nitrogens with one attached hydrogen (secondary N) is 1. The zero-order valence-electron chi connectivity index (χ0n) is 49.6. The van der Waals surface area contributed by atoms with E-state index < -0.39 is 12.1 Å². The fourth-order valence-corrected chi connectivity index (χ4v) is 10.7. The molecule has 0 aromatic carbocycles. The topological polar surface area (TPSA) is 95.9 Å². The Kier molecular flexibility index (Phi) is 61.9. The largest absolute Gasteiger partial charge is 0.466 e. The van der Waals surface area contributed by atoms with E-state index in [0.29, 0.717) is 19.4 Å². The number of aliphatic hydroxyl groups excluding tert-OH is 2. The number of allylic oxidation sites excluding steroid dienone is 1. The van der Waals surface area contributed by atoms with E-state index in [2.05, 4.69) is 19.2 Å². The highest BCUT2D eigenvalue weighted by molar-refractivity contribution is 5.76. The van der Waals surface area contributed by atoms with Crippen LogP contribution in [0.2, 0.25) is 0 Å². The molecule has 0 heterocycles. The minimum atomic E-state index is -0.842. The number of carbonyl (C=O) groups is 2. The maximum atomic E-state index is 12.5. The highest BCUT2D eigenvalue weighted by Gasteiger charge is 2.18. The second kappa shape index (κ2) is 63.1.